The second-order valence-corrected chi connectivity index (χ2v) is 6.48. The van der Waals surface area contributed by atoms with E-state index < -0.39 is 16.1 Å². The van der Waals surface area contributed by atoms with Gasteiger partial charge >= 0.3 is 5.97 Å². The molecular formula is C15H12N4O6S. The zero-order chi connectivity index (χ0) is 18.9. The van der Waals surface area contributed by atoms with Gasteiger partial charge in [-0.05, 0) is 41.6 Å². The van der Waals surface area contributed by atoms with Crippen LogP contribution < -0.4 is 4.74 Å². The molecule has 0 radical (unpaired) electrons. The van der Waals surface area contributed by atoms with Crippen LogP contribution in [0.4, 0.5) is 0 Å². The van der Waals surface area contributed by atoms with Crippen molar-refractivity contribution < 1.29 is 27.6 Å². The van der Waals surface area contributed by atoms with Gasteiger partial charge < -0.3 is 9.84 Å². The average Bonchev–Trinajstić information content (AvgIpc) is 3.10. The van der Waals surface area contributed by atoms with E-state index in [0.717, 1.165) is 4.80 Å². The lowest BCUT2D eigenvalue weighted by atomic mass is 10.1. The van der Waals surface area contributed by atoms with Crippen LogP contribution in [0.1, 0.15) is 10.4 Å². The summed E-state index contributed by atoms with van der Waals surface area (Å²) < 4.78 is 36.3. The van der Waals surface area contributed by atoms with Crippen LogP contribution in [0, 0.1) is 0 Å². The molecule has 0 saturated carbocycles. The number of para-hydroxylation sites is 1. The summed E-state index contributed by atoms with van der Waals surface area (Å²) in [7, 11) is -2.96. The molecular weight excluding hydrogens is 364 g/mol. The Morgan fingerprint density at radius 1 is 1.15 bits per heavy atom. The second-order valence-electron chi connectivity index (χ2n) is 5.06. The Morgan fingerprint density at radius 3 is 2.42 bits per heavy atom. The molecule has 1 aromatic heterocycles. The highest BCUT2D eigenvalue weighted by molar-refractivity contribution is 7.85. The van der Waals surface area contributed by atoms with Crippen LogP contribution in [0.3, 0.4) is 0 Å². The molecule has 0 spiro atoms. The van der Waals surface area contributed by atoms with Crippen molar-refractivity contribution in [3.63, 3.8) is 0 Å². The third-order valence-electron chi connectivity index (χ3n) is 3.47. The molecule has 3 rings (SSSR count). The molecule has 0 aliphatic rings. The van der Waals surface area contributed by atoms with E-state index in [0.29, 0.717) is 11.3 Å². The van der Waals surface area contributed by atoms with E-state index in [-0.39, 0.29) is 22.0 Å². The third-order valence-corrected chi connectivity index (χ3v) is 4.34. The summed E-state index contributed by atoms with van der Waals surface area (Å²) in [4.78, 5) is 12.2. The minimum atomic E-state index is -4.30. The summed E-state index contributed by atoms with van der Waals surface area (Å²) in [6.07, 6.45) is 0. The van der Waals surface area contributed by atoms with Gasteiger partial charge in [0, 0.05) is 0 Å². The predicted octanol–water partition coefficient (Wildman–Crippen LogP) is 1.28. The van der Waals surface area contributed by atoms with E-state index in [9.17, 15) is 18.3 Å². The summed E-state index contributed by atoms with van der Waals surface area (Å²) in [5, 5.41) is 21.1. The molecule has 1 heterocycles. The first-order chi connectivity index (χ1) is 12.3. The Bertz CT molecular complexity index is 1080. The number of carbonyl (C=O) groups is 1. The molecule has 3 aromatic rings. The molecule has 26 heavy (non-hydrogen) atoms. The molecule has 0 saturated heterocycles. The first-order valence-electron chi connectivity index (χ1n) is 7.10. The number of ether oxygens (including phenoxy) is 1. The van der Waals surface area contributed by atoms with Crippen LogP contribution in [0.25, 0.3) is 17.1 Å². The Balaban J connectivity index is 2.01. The largest absolute Gasteiger partial charge is 0.495 e. The molecule has 0 bridgehead atoms. The van der Waals surface area contributed by atoms with Crippen LogP contribution >= 0.6 is 0 Å². The molecule has 11 heteroatoms. The average molecular weight is 376 g/mol. The summed E-state index contributed by atoms with van der Waals surface area (Å²) in [5.41, 5.74) is 0.691. The van der Waals surface area contributed by atoms with Crippen molar-refractivity contribution in [1.82, 2.24) is 20.2 Å². The van der Waals surface area contributed by atoms with E-state index in [1.807, 2.05) is 0 Å². The number of hydrogen-bond acceptors (Lipinski definition) is 7. The monoisotopic (exact) mass is 376 g/mol. The number of hydrogen-bond donors (Lipinski definition) is 2. The Labute approximate surface area is 147 Å². The van der Waals surface area contributed by atoms with E-state index in [1.54, 1.807) is 6.07 Å². The van der Waals surface area contributed by atoms with E-state index in [4.69, 9.17) is 9.29 Å². The highest BCUT2D eigenvalue weighted by Crippen LogP contribution is 2.31. The number of carboxylic acid groups (broad SMARTS) is 1. The van der Waals surface area contributed by atoms with Gasteiger partial charge in [-0.15, -0.1) is 15.0 Å². The van der Waals surface area contributed by atoms with Crippen molar-refractivity contribution in [3.05, 3.63) is 48.0 Å². The lowest BCUT2D eigenvalue weighted by Gasteiger charge is -2.08. The number of benzene rings is 2. The van der Waals surface area contributed by atoms with E-state index in [2.05, 4.69) is 15.4 Å². The number of methoxy groups -OCH3 is 1. The zero-order valence-electron chi connectivity index (χ0n) is 13.3. The van der Waals surface area contributed by atoms with Gasteiger partial charge in [0.15, 0.2) is 0 Å². The fourth-order valence-corrected chi connectivity index (χ4v) is 2.76. The fraction of sp³-hybridized carbons (Fsp3) is 0.0667. The van der Waals surface area contributed by atoms with Crippen molar-refractivity contribution in [1.29, 1.82) is 0 Å². The number of aromatic nitrogens is 4. The lowest BCUT2D eigenvalue weighted by Crippen LogP contribution is -2.03. The topological polar surface area (TPSA) is 144 Å². The van der Waals surface area contributed by atoms with Gasteiger partial charge in [-0.3, -0.25) is 4.55 Å². The number of nitrogens with zero attached hydrogens (tertiary/aromatic N) is 4. The smallest absolute Gasteiger partial charge is 0.339 e. The second kappa shape index (κ2) is 6.54. The maximum absolute atomic E-state index is 11.3. The maximum atomic E-state index is 11.3. The fourth-order valence-electron chi connectivity index (χ4n) is 2.28. The number of tetrazole rings is 1. The van der Waals surface area contributed by atoms with Crippen molar-refractivity contribution >= 4 is 16.1 Å². The van der Waals surface area contributed by atoms with Gasteiger partial charge in [-0.2, -0.15) is 8.42 Å². The number of carboxylic acids is 1. The third kappa shape index (κ3) is 3.25. The molecule has 0 amide bonds. The molecule has 0 fully saturated rings. The standard InChI is InChI=1S/C15H12N4O6S/c1-25-13-11(3-2-4-12(13)15(20)21)14-16-18-19(17-14)9-5-7-10(8-6-9)26(22,23)24/h2-8H,1H3,(H,20,21)(H,22,23,24). The van der Waals surface area contributed by atoms with Crippen LogP contribution in [-0.4, -0.2) is 51.4 Å². The summed E-state index contributed by atoms with van der Waals surface area (Å²) in [6.45, 7) is 0. The van der Waals surface area contributed by atoms with Gasteiger partial charge in [-0.1, -0.05) is 6.07 Å². The zero-order valence-corrected chi connectivity index (χ0v) is 14.1. The van der Waals surface area contributed by atoms with Crippen LogP contribution in [0.15, 0.2) is 47.4 Å². The molecule has 0 aliphatic heterocycles. The van der Waals surface area contributed by atoms with Gasteiger partial charge in [0.1, 0.15) is 11.3 Å². The number of rotatable bonds is 5. The minimum Gasteiger partial charge on any atom is -0.495 e. The predicted molar refractivity (Wildman–Crippen MR) is 87.9 cm³/mol. The summed E-state index contributed by atoms with van der Waals surface area (Å²) >= 11 is 0. The van der Waals surface area contributed by atoms with Crippen molar-refractivity contribution in [2.45, 2.75) is 4.90 Å². The van der Waals surface area contributed by atoms with Crippen LogP contribution in [-0.2, 0) is 10.1 Å². The summed E-state index contributed by atoms with van der Waals surface area (Å²) in [6, 6.07) is 9.68. The normalized spacial score (nSPS) is 11.3. The molecule has 0 unspecified atom stereocenters. The van der Waals surface area contributed by atoms with Gasteiger partial charge in [0.05, 0.1) is 23.3 Å². The van der Waals surface area contributed by atoms with Crippen molar-refractivity contribution in [3.8, 4) is 22.8 Å². The SMILES string of the molecule is COc1c(C(=O)O)cccc1-c1nnn(-c2ccc(S(=O)(=O)O)cc2)n1. The highest BCUT2D eigenvalue weighted by atomic mass is 32.2. The van der Waals surface area contributed by atoms with Crippen LogP contribution in [0.5, 0.6) is 5.75 Å². The van der Waals surface area contributed by atoms with Gasteiger partial charge in [0.25, 0.3) is 10.1 Å². The van der Waals surface area contributed by atoms with Gasteiger partial charge in [-0.25, -0.2) is 4.79 Å². The molecule has 0 aliphatic carbocycles. The van der Waals surface area contributed by atoms with Crippen LogP contribution in [0.2, 0.25) is 0 Å². The Morgan fingerprint density at radius 2 is 1.85 bits per heavy atom. The maximum Gasteiger partial charge on any atom is 0.339 e. The van der Waals surface area contributed by atoms with Gasteiger partial charge in [0.2, 0.25) is 5.82 Å². The van der Waals surface area contributed by atoms with Crippen molar-refractivity contribution in [2.24, 2.45) is 0 Å². The lowest BCUT2D eigenvalue weighted by molar-refractivity contribution is 0.0693. The number of aromatic carboxylic acids is 1. The first-order valence-corrected chi connectivity index (χ1v) is 8.54. The Kier molecular flexibility index (Phi) is 4.40. The quantitative estimate of drug-likeness (QED) is 0.629. The molecule has 2 N–H and O–H groups in total. The minimum absolute atomic E-state index is 0.0427. The highest BCUT2D eigenvalue weighted by Gasteiger charge is 2.19. The first kappa shape index (κ1) is 17.5. The Hall–Kier alpha value is -3.31. The summed E-state index contributed by atoms with van der Waals surface area (Å²) in [5.74, 6) is -0.929. The molecule has 134 valence electrons. The van der Waals surface area contributed by atoms with E-state index >= 15 is 0 Å². The molecule has 2 aromatic carbocycles. The van der Waals surface area contributed by atoms with E-state index in [1.165, 1.54) is 43.5 Å². The van der Waals surface area contributed by atoms with Crippen molar-refractivity contribution in [2.75, 3.05) is 7.11 Å². The molecule has 10 nitrogen and oxygen atoms in total. The molecule has 0 atom stereocenters.